The first-order chi connectivity index (χ1) is 9.61. The predicted octanol–water partition coefficient (Wildman–Crippen LogP) is 1.26. The highest BCUT2D eigenvalue weighted by molar-refractivity contribution is 6.36. The molecule has 1 aromatic carbocycles. The van der Waals surface area contributed by atoms with Crippen LogP contribution in [0, 0.1) is 0 Å². The minimum Gasteiger partial charge on any atom is -0.477 e. The van der Waals surface area contributed by atoms with Gasteiger partial charge in [0.2, 0.25) is 6.10 Å². The molecule has 0 bridgehead atoms. The molecule has 1 heterocycles. The first kappa shape index (κ1) is 14.0. The number of rotatable bonds is 5. The molecule has 1 atom stereocenters. The van der Waals surface area contributed by atoms with Gasteiger partial charge in [0, 0.05) is 19.5 Å². The van der Waals surface area contributed by atoms with Gasteiger partial charge in [0.15, 0.2) is 5.71 Å². The van der Waals surface area contributed by atoms with Crippen molar-refractivity contribution in [1.82, 2.24) is 4.90 Å². The molecule has 1 aliphatic heterocycles. The number of hydrogen-bond donors (Lipinski definition) is 1. The number of likely N-dealkylation sites (N-methyl/N-ethyl adjacent to an activating group) is 1. The van der Waals surface area contributed by atoms with Gasteiger partial charge in [0.25, 0.3) is 5.91 Å². The van der Waals surface area contributed by atoms with Gasteiger partial charge in [-0.1, -0.05) is 35.5 Å². The third-order valence-electron chi connectivity index (χ3n) is 3.10. The van der Waals surface area contributed by atoms with E-state index in [1.54, 1.807) is 4.90 Å². The molecule has 6 nitrogen and oxygen atoms in total. The van der Waals surface area contributed by atoms with Crippen molar-refractivity contribution in [2.75, 3.05) is 6.54 Å². The molecule has 2 rings (SSSR count). The number of hydrogen-bond acceptors (Lipinski definition) is 4. The number of carboxylic acid groups (broad SMARTS) is 1. The number of benzene rings is 1. The van der Waals surface area contributed by atoms with Crippen molar-refractivity contribution in [2.45, 2.75) is 26.0 Å². The lowest BCUT2D eigenvalue weighted by Gasteiger charge is -2.23. The summed E-state index contributed by atoms with van der Waals surface area (Å²) in [7, 11) is 0. The van der Waals surface area contributed by atoms with E-state index in [1.165, 1.54) is 0 Å². The number of aliphatic carboxylic acids is 1. The smallest absolute Gasteiger partial charge is 0.353 e. The van der Waals surface area contributed by atoms with E-state index in [0.29, 0.717) is 13.1 Å². The Morgan fingerprint density at radius 3 is 2.65 bits per heavy atom. The van der Waals surface area contributed by atoms with Crippen molar-refractivity contribution in [3.05, 3.63) is 35.9 Å². The number of carbonyl (C=O) groups excluding carboxylic acids is 1. The Hall–Kier alpha value is -2.37. The first-order valence-corrected chi connectivity index (χ1v) is 6.40. The molecule has 1 N–H and O–H groups in total. The summed E-state index contributed by atoms with van der Waals surface area (Å²) in [5.41, 5.74) is 0.902. The van der Waals surface area contributed by atoms with E-state index in [1.807, 2.05) is 37.3 Å². The minimum atomic E-state index is -1.15. The maximum atomic E-state index is 12.3. The van der Waals surface area contributed by atoms with Gasteiger partial charge in [0.1, 0.15) is 0 Å². The van der Waals surface area contributed by atoms with Crippen molar-refractivity contribution in [2.24, 2.45) is 5.16 Å². The van der Waals surface area contributed by atoms with E-state index in [-0.39, 0.29) is 18.0 Å². The van der Waals surface area contributed by atoms with Crippen molar-refractivity contribution in [3.8, 4) is 0 Å². The van der Waals surface area contributed by atoms with Gasteiger partial charge in [-0.05, 0) is 12.5 Å². The number of carboxylic acids is 1. The molecule has 0 saturated carbocycles. The Morgan fingerprint density at radius 1 is 1.40 bits per heavy atom. The first-order valence-electron chi connectivity index (χ1n) is 6.40. The Balaban J connectivity index is 1.99. The summed E-state index contributed by atoms with van der Waals surface area (Å²) in [4.78, 5) is 29.6. The van der Waals surface area contributed by atoms with E-state index < -0.39 is 12.1 Å². The molecule has 0 aliphatic carbocycles. The fourth-order valence-electron chi connectivity index (χ4n) is 1.99. The molecular weight excluding hydrogens is 260 g/mol. The highest BCUT2D eigenvalue weighted by atomic mass is 16.6. The van der Waals surface area contributed by atoms with Crippen molar-refractivity contribution in [1.29, 1.82) is 0 Å². The van der Waals surface area contributed by atoms with E-state index in [0.717, 1.165) is 5.56 Å². The molecule has 0 aromatic heterocycles. The number of amides is 1. The van der Waals surface area contributed by atoms with Crippen LogP contribution < -0.4 is 0 Å². The normalized spacial score (nSPS) is 17.2. The van der Waals surface area contributed by atoms with Crippen LogP contribution in [0.2, 0.25) is 0 Å². The molecule has 0 radical (unpaired) electrons. The van der Waals surface area contributed by atoms with E-state index in [9.17, 15) is 9.59 Å². The lowest BCUT2D eigenvalue weighted by atomic mass is 10.1. The van der Waals surface area contributed by atoms with Gasteiger partial charge in [-0.25, -0.2) is 4.79 Å². The van der Waals surface area contributed by atoms with Crippen LogP contribution in [0.3, 0.4) is 0 Å². The van der Waals surface area contributed by atoms with Crippen LogP contribution in [0.1, 0.15) is 18.9 Å². The average Bonchev–Trinajstić information content (AvgIpc) is 2.95. The van der Waals surface area contributed by atoms with Crippen molar-refractivity contribution < 1.29 is 19.5 Å². The van der Waals surface area contributed by atoms with Crippen LogP contribution in [0.4, 0.5) is 0 Å². The minimum absolute atomic E-state index is 0.0133. The summed E-state index contributed by atoms with van der Waals surface area (Å²) < 4.78 is 0. The zero-order chi connectivity index (χ0) is 14.5. The monoisotopic (exact) mass is 276 g/mol. The standard InChI is InChI=1S/C14H16N2O4/c1-2-16(9-10-6-4-3-5-7-10)13(17)12-8-11(14(18)19)15-20-12/h3-7,12H,2,8-9H2,1H3,(H,18,19). The predicted molar refractivity (Wildman–Crippen MR) is 72.1 cm³/mol. The quantitative estimate of drug-likeness (QED) is 0.878. The van der Waals surface area contributed by atoms with Crippen LogP contribution in [0.25, 0.3) is 0 Å². The highest BCUT2D eigenvalue weighted by Gasteiger charge is 2.33. The van der Waals surface area contributed by atoms with Crippen LogP contribution in [0.5, 0.6) is 0 Å². The maximum Gasteiger partial charge on any atom is 0.353 e. The molecule has 1 aromatic rings. The molecule has 0 spiro atoms. The summed E-state index contributed by atoms with van der Waals surface area (Å²) in [6.45, 7) is 2.86. The second kappa shape index (κ2) is 6.18. The van der Waals surface area contributed by atoms with E-state index in [2.05, 4.69) is 5.16 Å². The van der Waals surface area contributed by atoms with Crippen LogP contribution in [0.15, 0.2) is 35.5 Å². The van der Waals surface area contributed by atoms with Gasteiger partial charge in [-0.15, -0.1) is 0 Å². The molecule has 20 heavy (non-hydrogen) atoms. The van der Waals surface area contributed by atoms with E-state index in [4.69, 9.17) is 9.94 Å². The largest absolute Gasteiger partial charge is 0.477 e. The fraction of sp³-hybridized carbons (Fsp3) is 0.357. The third-order valence-corrected chi connectivity index (χ3v) is 3.10. The second-order valence-corrected chi connectivity index (χ2v) is 4.48. The van der Waals surface area contributed by atoms with Crippen molar-refractivity contribution in [3.63, 3.8) is 0 Å². The van der Waals surface area contributed by atoms with Crippen LogP contribution >= 0.6 is 0 Å². The maximum absolute atomic E-state index is 12.3. The number of oxime groups is 1. The lowest BCUT2D eigenvalue weighted by molar-refractivity contribution is -0.142. The molecule has 1 aliphatic rings. The summed E-state index contributed by atoms with van der Waals surface area (Å²) in [5.74, 6) is -1.39. The Bertz CT molecular complexity index is 527. The Kier molecular flexibility index (Phi) is 4.34. The second-order valence-electron chi connectivity index (χ2n) is 4.48. The third kappa shape index (κ3) is 3.14. The lowest BCUT2D eigenvalue weighted by Crippen LogP contribution is -2.39. The zero-order valence-corrected chi connectivity index (χ0v) is 11.2. The van der Waals surface area contributed by atoms with Gasteiger partial charge in [-0.3, -0.25) is 4.79 Å². The van der Waals surface area contributed by atoms with Crippen molar-refractivity contribution >= 4 is 17.6 Å². The topological polar surface area (TPSA) is 79.2 Å². The summed E-state index contributed by atoms with van der Waals surface area (Å²) in [6.07, 6.45) is -0.816. The van der Waals surface area contributed by atoms with Gasteiger partial charge >= 0.3 is 5.97 Å². The van der Waals surface area contributed by atoms with Crippen LogP contribution in [-0.4, -0.2) is 40.2 Å². The van der Waals surface area contributed by atoms with Gasteiger partial charge < -0.3 is 14.8 Å². The molecule has 106 valence electrons. The van der Waals surface area contributed by atoms with Crippen LogP contribution in [-0.2, 0) is 21.0 Å². The molecular formula is C14H16N2O4. The molecule has 1 unspecified atom stereocenters. The zero-order valence-electron chi connectivity index (χ0n) is 11.2. The summed E-state index contributed by atoms with van der Waals surface area (Å²) >= 11 is 0. The Morgan fingerprint density at radius 2 is 2.10 bits per heavy atom. The van der Waals surface area contributed by atoms with E-state index >= 15 is 0 Å². The summed E-state index contributed by atoms with van der Waals surface area (Å²) in [5, 5.41) is 12.2. The number of nitrogens with zero attached hydrogens (tertiary/aromatic N) is 2. The molecule has 6 heteroatoms. The molecule has 0 saturated heterocycles. The fourth-order valence-corrected chi connectivity index (χ4v) is 1.99. The SMILES string of the molecule is CCN(Cc1ccccc1)C(=O)C1CC(C(=O)O)=NO1. The summed E-state index contributed by atoms with van der Waals surface area (Å²) in [6, 6.07) is 9.60. The van der Waals surface area contributed by atoms with Gasteiger partial charge in [0.05, 0.1) is 0 Å². The average molecular weight is 276 g/mol. The molecule has 0 fully saturated rings. The highest BCUT2D eigenvalue weighted by Crippen LogP contribution is 2.15. The number of carbonyl (C=O) groups is 2. The molecule has 1 amide bonds. The Labute approximate surface area is 116 Å². The van der Waals surface area contributed by atoms with Gasteiger partial charge in [-0.2, -0.15) is 0 Å².